The van der Waals surface area contributed by atoms with E-state index in [0.29, 0.717) is 37.7 Å². The van der Waals surface area contributed by atoms with Gasteiger partial charge in [0.05, 0.1) is 24.2 Å². The highest BCUT2D eigenvalue weighted by Crippen LogP contribution is 2.45. The molecule has 7 heteroatoms. The predicted octanol–water partition coefficient (Wildman–Crippen LogP) is 7.48. The standard InChI is InChI=1S/C24H31F5O2/c1-3-4-5-17-10-13-20(21(22(17)25)23(26)27)31-24(28,29)19-11-8-16(9-12-19)18-7-6-15(2)30-14-18/h3,10,13,15-16,18-19,23H,1,4-9,11-12,14H2,2H3. The van der Waals surface area contributed by atoms with Gasteiger partial charge in [0.2, 0.25) is 0 Å². The van der Waals surface area contributed by atoms with Gasteiger partial charge in [0, 0.05) is 0 Å². The number of alkyl halides is 4. The summed E-state index contributed by atoms with van der Waals surface area (Å²) in [6.07, 6.45) is -0.780. The molecule has 0 radical (unpaired) electrons. The van der Waals surface area contributed by atoms with Crippen molar-refractivity contribution in [1.82, 2.24) is 0 Å². The highest BCUT2D eigenvalue weighted by Gasteiger charge is 2.46. The molecule has 0 spiro atoms. The van der Waals surface area contributed by atoms with Crippen molar-refractivity contribution >= 4 is 0 Å². The Morgan fingerprint density at radius 2 is 1.81 bits per heavy atom. The van der Waals surface area contributed by atoms with Crippen LogP contribution in [-0.4, -0.2) is 18.8 Å². The van der Waals surface area contributed by atoms with Gasteiger partial charge in [-0.25, -0.2) is 13.2 Å². The SMILES string of the molecule is C=CCCc1ccc(OC(F)(F)C2CCC(C3CCC(C)OC3)CC2)c(C(F)F)c1F. The summed E-state index contributed by atoms with van der Waals surface area (Å²) in [4.78, 5) is 0. The zero-order valence-corrected chi connectivity index (χ0v) is 17.9. The Bertz CT molecular complexity index is 736. The third-order valence-electron chi connectivity index (χ3n) is 6.75. The number of hydrogen-bond donors (Lipinski definition) is 0. The van der Waals surface area contributed by atoms with Crippen molar-refractivity contribution in [3.8, 4) is 5.75 Å². The molecule has 31 heavy (non-hydrogen) atoms. The maximum atomic E-state index is 14.9. The van der Waals surface area contributed by atoms with Crippen LogP contribution < -0.4 is 4.74 Å². The number of benzene rings is 1. The fourth-order valence-electron chi connectivity index (χ4n) is 4.80. The number of aryl methyl sites for hydroxylation is 1. The van der Waals surface area contributed by atoms with Crippen LogP contribution in [0.1, 0.15) is 69.4 Å². The summed E-state index contributed by atoms with van der Waals surface area (Å²) in [7, 11) is 0. The van der Waals surface area contributed by atoms with Gasteiger partial charge in [-0.2, -0.15) is 8.78 Å². The van der Waals surface area contributed by atoms with E-state index < -0.39 is 35.6 Å². The molecule has 2 aliphatic rings. The van der Waals surface area contributed by atoms with E-state index in [1.54, 1.807) is 0 Å². The van der Waals surface area contributed by atoms with Crippen LogP contribution in [0.25, 0.3) is 0 Å². The Morgan fingerprint density at radius 3 is 2.39 bits per heavy atom. The molecule has 1 aromatic rings. The lowest BCUT2D eigenvalue weighted by Crippen LogP contribution is -2.39. The van der Waals surface area contributed by atoms with Gasteiger partial charge in [-0.3, -0.25) is 0 Å². The largest absolute Gasteiger partial charge is 0.432 e. The quantitative estimate of drug-likeness (QED) is 0.304. The lowest BCUT2D eigenvalue weighted by Gasteiger charge is -2.38. The van der Waals surface area contributed by atoms with Crippen molar-refractivity contribution in [2.24, 2.45) is 17.8 Å². The van der Waals surface area contributed by atoms with E-state index in [4.69, 9.17) is 9.47 Å². The second-order valence-electron chi connectivity index (χ2n) is 8.84. The van der Waals surface area contributed by atoms with Gasteiger partial charge in [0.25, 0.3) is 6.43 Å². The van der Waals surface area contributed by atoms with Crippen LogP contribution in [0.4, 0.5) is 22.0 Å². The third-order valence-corrected chi connectivity index (χ3v) is 6.75. The fourth-order valence-corrected chi connectivity index (χ4v) is 4.80. The van der Waals surface area contributed by atoms with Crippen LogP contribution in [0, 0.1) is 23.6 Å². The average molecular weight is 447 g/mol. The van der Waals surface area contributed by atoms with Crippen molar-refractivity contribution in [2.45, 2.75) is 76.9 Å². The molecule has 2 unspecified atom stereocenters. The zero-order chi connectivity index (χ0) is 22.6. The molecule has 3 rings (SSSR count). The van der Waals surface area contributed by atoms with Crippen LogP contribution in [-0.2, 0) is 11.2 Å². The number of rotatable bonds is 8. The molecular weight excluding hydrogens is 415 g/mol. The van der Waals surface area contributed by atoms with Crippen molar-refractivity contribution in [2.75, 3.05) is 6.61 Å². The van der Waals surface area contributed by atoms with E-state index >= 15 is 0 Å². The molecule has 174 valence electrons. The van der Waals surface area contributed by atoms with Gasteiger partial charge in [-0.05, 0) is 81.8 Å². The van der Waals surface area contributed by atoms with Crippen molar-refractivity contribution in [3.05, 3.63) is 41.7 Å². The number of allylic oxidation sites excluding steroid dienone is 1. The minimum Gasteiger partial charge on any atom is -0.432 e. The summed E-state index contributed by atoms with van der Waals surface area (Å²) in [5.41, 5.74) is -1.06. The number of hydrogen-bond acceptors (Lipinski definition) is 2. The zero-order valence-electron chi connectivity index (χ0n) is 17.9. The molecule has 1 saturated carbocycles. The molecule has 2 atom stereocenters. The molecular formula is C24H31F5O2. The summed E-state index contributed by atoms with van der Waals surface area (Å²) < 4.78 is 81.8. The first-order chi connectivity index (χ1) is 14.7. The van der Waals surface area contributed by atoms with Crippen LogP contribution in [0.5, 0.6) is 5.75 Å². The van der Waals surface area contributed by atoms with Crippen molar-refractivity contribution in [1.29, 1.82) is 0 Å². The van der Waals surface area contributed by atoms with Crippen molar-refractivity contribution in [3.63, 3.8) is 0 Å². The minimum atomic E-state index is -3.64. The van der Waals surface area contributed by atoms with Gasteiger partial charge in [-0.15, -0.1) is 6.58 Å². The van der Waals surface area contributed by atoms with Gasteiger partial charge in [-0.1, -0.05) is 12.1 Å². The fraction of sp³-hybridized carbons (Fsp3) is 0.667. The molecule has 0 bridgehead atoms. The van der Waals surface area contributed by atoms with Gasteiger partial charge < -0.3 is 9.47 Å². The molecule has 2 nitrogen and oxygen atoms in total. The van der Waals surface area contributed by atoms with Crippen LogP contribution >= 0.6 is 0 Å². The molecule has 1 aliphatic carbocycles. The summed E-state index contributed by atoms with van der Waals surface area (Å²) in [5.74, 6) is -2.33. The van der Waals surface area contributed by atoms with Gasteiger partial charge in [0.1, 0.15) is 11.6 Å². The van der Waals surface area contributed by atoms with Crippen LogP contribution in [0.3, 0.4) is 0 Å². The monoisotopic (exact) mass is 446 g/mol. The first kappa shape index (κ1) is 24.0. The normalized spacial score (nSPS) is 27.3. The number of halogens is 5. The predicted molar refractivity (Wildman–Crippen MR) is 109 cm³/mol. The molecule has 1 aromatic carbocycles. The smallest absolute Gasteiger partial charge is 0.400 e. The average Bonchev–Trinajstić information content (AvgIpc) is 2.73. The van der Waals surface area contributed by atoms with E-state index in [-0.39, 0.29) is 30.9 Å². The lowest BCUT2D eigenvalue weighted by atomic mass is 9.73. The highest BCUT2D eigenvalue weighted by molar-refractivity contribution is 5.40. The maximum Gasteiger partial charge on any atom is 0.400 e. The highest BCUT2D eigenvalue weighted by atomic mass is 19.3. The van der Waals surface area contributed by atoms with Crippen LogP contribution in [0.2, 0.25) is 0 Å². The van der Waals surface area contributed by atoms with Crippen molar-refractivity contribution < 1.29 is 31.4 Å². The first-order valence-electron chi connectivity index (χ1n) is 11.1. The third kappa shape index (κ3) is 5.79. The Morgan fingerprint density at radius 1 is 1.13 bits per heavy atom. The van der Waals surface area contributed by atoms with E-state index in [2.05, 4.69) is 6.58 Å². The van der Waals surface area contributed by atoms with E-state index in [1.807, 2.05) is 6.92 Å². The molecule has 0 amide bonds. The second kappa shape index (κ2) is 10.3. The Kier molecular flexibility index (Phi) is 8.00. The van der Waals surface area contributed by atoms with E-state index in [1.165, 1.54) is 12.1 Å². The van der Waals surface area contributed by atoms with Gasteiger partial charge >= 0.3 is 6.11 Å². The van der Waals surface area contributed by atoms with E-state index in [0.717, 1.165) is 18.9 Å². The molecule has 0 N–H and O–H groups in total. The van der Waals surface area contributed by atoms with E-state index in [9.17, 15) is 22.0 Å². The van der Waals surface area contributed by atoms with Crippen LogP contribution in [0.15, 0.2) is 24.8 Å². The Labute approximate surface area is 180 Å². The molecule has 0 aromatic heterocycles. The lowest BCUT2D eigenvalue weighted by molar-refractivity contribution is -0.225. The molecule has 2 fully saturated rings. The molecule has 1 heterocycles. The second-order valence-corrected chi connectivity index (χ2v) is 8.84. The topological polar surface area (TPSA) is 18.5 Å². The molecule has 1 saturated heterocycles. The summed E-state index contributed by atoms with van der Waals surface area (Å²) in [5, 5.41) is 0. The maximum absolute atomic E-state index is 14.9. The summed E-state index contributed by atoms with van der Waals surface area (Å²) in [6, 6.07) is 2.26. The first-order valence-corrected chi connectivity index (χ1v) is 11.1. The van der Waals surface area contributed by atoms with Gasteiger partial charge in [0.15, 0.2) is 0 Å². The summed E-state index contributed by atoms with van der Waals surface area (Å²) in [6.45, 7) is 6.22. The Balaban J connectivity index is 1.66. The Hall–Kier alpha value is -1.63. The number of ether oxygens (including phenoxy) is 2. The minimum absolute atomic E-state index is 0.0374. The summed E-state index contributed by atoms with van der Waals surface area (Å²) >= 11 is 0. The molecule has 1 aliphatic heterocycles.